The number of aromatic nitrogens is 3. The molecular weight excluding hydrogens is 221 g/mol. The number of nitrogens with zero attached hydrogens (tertiary/aromatic N) is 3. The molecule has 2 aromatic rings. The van der Waals surface area contributed by atoms with E-state index < -0.39 is 5.82 Å². The normalized spacial score (nSPS) is 9.47. The predicted octanol–water partition coefficient (Wildman–Crippen LogP) is 0.575. The third-order valence-corrected chi connectivity index (χ3v) is 1.97. The summed E-state index contributed by atoms with van der Waals surface area (Å²) in [6.07, 6.45) is 2.68. The minimum absolute atomic E-state index is 0.0233. The number of hydrogen-bond donors (Lipinski definition) is 2. The summed E-state index contributed by atoms with van der Waals surface area (Å²) in [5.74, 6) is 4.95. The maximum absolute atomic E-state index is 13.2. The highest BCUT2D eigenvalue weighted by atomic mass is 19.1. The SMILES string of the molecule is Nc1ncnc(N)c1C#Cc1ncccc1F. The zero-order valence-corrected chi connectivity index (χ0v) is 8.68. The zero-order valence-electron chi connectivity index (χ0n) is 8.68. The Morgan fingerprint density at radius 2 is 1.76 bits per heavy atom. The first-order valence-electron chi connectivity index (χ1n) is 4.67. The van der Waals surface area contributed by atoms with E-state index in [9.17, 15) is 4.39 Å². The molecule has 0 saturated heterocycles. The summed E-state index contributed by atoms with van der Waals surface area (Å²) in [4.78, 5) is 11.3. The van der Waals surface area contributed by atoms with Crippen LogP contribution in [0.3, 0.4) is 0 Å². The van der Waals surface area contributed by atoms with Crippen molar-refractivity contribution in [3.8, 4) is 11.8 Å². The lowest BCUT2D eigenvalue weighted by molar-refractivity contribution is 0.617. The van der Waals surface area contributed by atoms with Crippen LogP contribution in [0, 0.1) is 17.7 Å². The summed E-state index contributed by atoms with van der Waals surface area (Å²) < 4.78 is 13.2. The quantitative estimate of drug-likeness (QED) is 0.644. The van der Waals surface area contributed by atoms with Gasteiger partial charge in [0.25, 0.3) is 0 Å². The molecule has 0 fully saturated rings. The molecular formula is C11H8FN5. The molecule has 0 aliphatic carbocycles. The van der Waals surface area contributed by atoms with Gasteiger partial charge < -0.3 is 11.5 Å². The molecule has 17 heavy (non-hydrogen) atoms. The Morgan fingerprint density at radius 1 is 1.06 bits per heavy atom. The van der Waals surface area contributed by atoms with Gasteiger partial charge in [-0.25, -0.2) is 19.3 Å². The summed E-state index contributed by atoms with van der Waals surface area (Å²) in [5, 5.41) is 0. The lowest BCUT2D eigenvalue weighted by Gasteiger charge is -1.98. The molecule has 4 N–H and O–H groups in total. The van der Waals surface area contributed by atoms with E-state index in [1.807, 2.05) is 0 Å². The van der Waals surface area contributed by atoms with Crippen LogP contribution in [0.1, 0.15) is 11.3 Å². The van der Waals surface area contributed by atoms with Gasteiger partial charge in [-0.2, -0.15) is 0 Å². The predicted molar refractivity (Wildman–Crippen MR) is 61.0 cm³/mol. The highest BCUT2D eigenvalue weighted by Gasteiger charge is 2.03. The Hall–Kier alpha value is -2.68. The number of halogens is 1. The van der Waals surface area contributed by atoms with E-state index in [-0.39, 0.29) is 22.9 Å². The van der Waals surface area contributed by atoms with Crippen LogP contribution in [0.4, 0.5) is 16.0 Å². The number of anilines is 2. The van der Waals surface area contributed by atoms with E-state index in [1.54, 1.807) is 0 Å². The summed E-state index contributed by atoms with van der Waals surface area (Å²) in [6, 6.07) is 2.75. The van der Waals surface area contributed by atoms with Crippen molar-refractivity contribution in [3.05, 3.63) is 41.7 Å². The van der Waals surface area contributed by atoms with Gasteiger partial charge in [0.05, 0.1) is 0 Å². The van der Waals surface area contributed by atoms with Gasteiger partial charge in [0.2, 0.25) is 0 Å². The second kappa shape index (κ2) is 4.45. The van der Waals surface area contributed by atoms with E-state index in [0.717, 1.165) is 0 Å². The molecule has 0 aliphatic heterocycles. The molecule has 0 atom stereocenters. The van der Waals surface area contributed by atoms with Crippen LogP contribution in [0.25, 0.3) is 0 Å². The van der Waals surface area contributed by atoms with Crippen LogP contribution in [-0.2, 0) is 0 Å². The Bertz CT molecular complexity index is 594. The van der Waals surface area contributed by atoms with Crippen molar-refractivity contribution in [1.82, 2.24) is 15.0 Å². The van der Waals surface area contributed by atoms with Gasteiger partial charge >= 0.3 is 0 Å². The molecule has 84 valence electrons. The Labute approximate surface area is 96.7 Å². The van der Waals surface area contributed by atoms with Crippen LogP contribution >= 0.6 is 0 Å². The summed E-state index contributed by atoms with van der Waals surface area (Å²) in [5.41, 5.74) is 11.5. The first-order valence-corrected chi connectivity index (χ1v) is 4.67. The van der Waals surface area contributed by atoms with Crippen LogP contribution in [0.15, 0.2) is 24.7 Å². The van der Waals surface area contributed by atoms with Crippen molar-refractivity contribution in [2.45, 2.75) is 0 Å². The van der Waals surface area contributed by atoms with E-state index in [0.29, 0.717) is 0 Å². The first kappa shape index (κ1) is 10.8. The van der Waals surface area contributed by atoms with Gasteiger partial charge in [-0.1, -0.05) is 5.92 Å². The Kier molecular flexibility index (Phi) is 2.83. The molecule has 0 amide bonds. The molecule has 5 nitrogen and oxygen atoms in total. The van der Waals surface area contributed by atoms with E-state index in [4.69, 9.17) is 11.5 Å². The van der Waals surface area contributed by atoms with Crippen molar-refractivity contribution in [3.63, 3.8) is 0 Å². The fourth-order valence-electron chi connectivity index (χ4n) is 1.14. The van der Waals surface area contributed by atoms with E-state index >= 15 is 0 Å². The topological polar surface area (TPSA) is 90.7 Å². The van der Waals surface area contributed by atoms with Gasteiger partial charge in [0, 0.05) is 6.20 Å². The number of rotatable bonds is 0. The molecule has 0 aromatic carbocycles. The van der Waals surface area contributed by atoms with Crippen molar-refractivity contribution in [2.24, 2.45) is 0 Å². The van der Waals surface area contributed by atoms with Crippen LogP contribution in [-0.4, -0.2) is 15.0 Å². The third-order valence-electron chi connectivity index (χ3n) is 1.97. The number of pyridine rings is 1. The third kappa shape index (κ3) is 2.29. The monoisotopic (exact) mass is 229 g/mol. The van der Waals surface area contributed by atoms with Crippen LogP contribution in [0.2, 0.25) is 0 Å². The standard InChI is InChI=1S/C11H8FN5/c12-8-2-1-5-15-9(8)4-3-7-10(13)16-6-17-11(7)14/h1-2,5-6H,(H4,13,14,16,17). The molecule has 2 heterocycles. The lowest BCUT2D eigenvalue weighted by atomic mass is 10.2. The minimum Gasteiger partial charge on any atom is -0.382 e. The molecule has 2 rings (SSSR count). The molecule has 0 aliphatic rings. The Morgan fingerprint density at radius 3 is 2.41 bits per heavy atom. The van der Waals surface area contributed by atoms with Crippen LogP contribution in [0.5, 0.6) is 0 Å². The largest absolute Gasteiger partial charge is 0.382 e. The molecule has 0 unspecified atom stereocenters. The molecule has 2 aromatic heterocycles. The first-order chi connectivity index (χ1) is 8.18. The fraction of sp³-hybridized carbons (Fsp3) is 0. The molecule has 0 saturated carbocycles. The van der Waals surface area contributed by atoms with Crippen molar-refractivity contribution in [1.29, 1.82) is 0 Å². The lowest BCUT2D eigenvalue weighted by Crippen LogP contribution is -2.02. The summed E-state index contributed by atoms with van der Waals surface area (Å²) >= 11 is 0. The van der Waals surface area contributed by atoms with E-state index in [1.165, 1.54) is 24.7 Å². The molecule has 6 heteroatoms. The van der Waals surface area contributed by atoms with Gasteiger partial charge in [-0.05, 0) is 18.1 Å². The summed E-state index contributed by atoms with van der Waals surface area (Å²) in [7, 11) is 0. The zero-order chi connectivity index (χ0) is 12.3. The van der Waals surface area contributed by atoms with Crippen molar-refractivity contribution in [2.75, 3.05) is 11.5 Å². The molecule has 0 bridgehead atoms. The average Bonchev–Trinajstić information content (AvgIpc) is 2.30. The second-order valence-electron chi connectivity index (χ2n) is 3.10. The maximum atomic E-state index is 13.2. The fourth-order valence-corrected chi connectivity index (χ4v) is 1.14. The number of nitrogens with two attached hydrogens (primary N) is 2. The van der Waals surface area contributed by atoms with Gasteiger partial charge in [-0.15, -0.1) is 0 Å². The number of nitrogen functional groups attached to an aromatic ring is 2. The van der Waals surface area contributed by atoms with E-state index in [2.05, 4.69) is 26.8 Å². The second-order valence-corrected chi connectivity index (χ2v) is 3.10. The average molecular weight is 229 g/mol. The maximum Gasteiger partial charge on any atom is 0.157 e. The van der Waals surface area contributed by atoms with Gasteiger partial charge in [-0.3, -0.25) is 0 Å². The van der Waals surface area contributed by atoms with Crippen molar-refractivity contribution >= 4 is 11.6 Å². The van der Waals surface area contributed by atoms with Crippen LogP contribution < -0.4 is 11.5 Å². The number of hydrogen-bond acceptors (Lipinski definition) is 5. The minimum atomic E-state index is -0.506. The van der Waals surface area contributed by atoms with Gasteiger partial charge in [0.15, 0.2) is 5.82 Å². The Balaban J connectivity index is 2.44. The highest BCUT2D eigenvalue weighted by molar-refractivity contribution is 5.62. The molecule has 0 radical (unpaired) electrons. The van der Waals surface area contributed by atoms with Crippen molar-refractivity contribution < 1.29 is 4.39 Å². The smallest absolute Gasteiger partial charge is 0.157 e. The van der Waals surface area contributed by atoms with Gasteiger partial charge in [0.1, 0.15) is 29.2 Å². The summed E-state index contributed by atoms with van der Waals surface area (Å²) in [6.45, 7) is 0. The molecule has 0 spiro atoms. The highest BCUT2D eigenvalue weighted by Crippen LogP contribution is 2.12.